The first-order valence-electron chi connectivity index (χ1n) is 8.19. The average molecular weight is 408 g/mol. The van der Waals surface area contributed by atoms with Crippen LogP contribution in [0, 0.1) is 5.92 Å². The molecule has 1 rings (SSSR count). The summed E-state index contributed by atoms with van der Waals surface area (Å²) in [5.74, 6) is -0.422. The Morgan fingerprint density at radius 3 is 2.58 bits per heavy atom. The molecule has 0 heterocycles. The zero-order chi connectivity index (χ0) is 18.8. The van der Waals surface area contributed by atoms with Gasteiger partial charge in [0.2, 0.25) is 11.8 Å². The number of nitrogens with one attached hydrogen (secondary N) is 2. The van der Waals surface area contributed by atoms with E-state index in [4.69, 9.17) is 26.8 Å². The number of anilines is 1. The Kier molecular flexibility index (Phi) is 12.0. The second kappa shape index (κ2) is 12.8. The van der Waals surface area contributed by atoms with Gasteiger partial charge in [-0.25, -0.2) is 0 Å². The molecule has 0 fully saturated rings. The lowest BCUT2D eigenvalue weighted by molar-refractivity contribution is -0.125. The third-order valence-corrected chi connectivity index (χ3v) is 3.66. The summed E-state index contributed by atoms with van der Waals surface area (Å²) in [4.78, 5) is 23.8. The Morgan fingerprint density at radius 1 is 1.27 bits per heavy atom. The van der Waals surface area contributed by atoms with Crippen LogP contribution in [0.25, 0.3) is 0 Å². The first-order valence-corrected chi connectivity index (χ1v) is 8.56. The molecule has 0 spiro atoms. The first-order chi connectivity index (χ1) is 11.9. The number of halogens is 2. The predicted octanol–water partition coefficient (Wildman–Crippen LogP) is 2.22. The Balaban J connectivity index is 0.00000625. The molecule has 0 aliphatic carbocycles. The van der Waals surface area contributed by atoms with Gasteiger partial charge < -0.3 is 25.8 Å². The van der Waals surface area contributed by atoms with Crippen molar-refractivity contribution in [3.05, 3.63) is 23.2 Å². The van der Waals surface area contributed by atoms with E-state index in [9.17, 15) is 9.59 Å². The zero-order valence-electron chi connectivity index (χ0n) is 15.2. The largest absolute Gasteiger partial charge is 0.487 e. The topological polar surface area (TPSA) is 103 Å². The fraction of sp³-hybridized carbons (Fsp3) is 0.529. The standard InChI is InChI=1S/C17H26ClN3O4.ClH/c1-4-24-8-9-25-16-12(18)6-5-7-13(16)21-14(22)10-20-17(23)15(19)11(2)3;/h5-7,11,15H,4,8-10,19H2,1-3H3,(H,20,23)(H,21,22);1H/t15-;/m0./s1. The van der Waals surface area contributed by atoms with E-state index in [0.717, 1.165) is 0 Å². The molecule has 0 unspecified atom stereocenters. The summed E-state index contributed by atoms with van der Waals surface area (Å²) in [5, 5.41) is 5.55. The predicted molar refractivity (Wildman–Crippen MR) is 105 cm³/mol. The van der Waals surface area contributed by atoms with E-state index < -0.39 is 11.9 Å². The van der Waals surface area contributed by atoms with Gasteiger partial charge in [0.15, 0.2) is 5.75 Å². The van der Waals surface area contributed by atoms with Gasteiger partial charge in [0.1, 0.15) is 6.61 Å². The van der Waals surface area contributed by atoms with Crippen molar-refractivity contribution in [1.82, 2.24) is 5.32 Å². The second-order valence-corrected chi connectivity index (χ2v) is 6.10. The lowest BCUT2D eigenvalue weighted by Crippen LogP contribution is -2.46. The molecule has 0 saturated heterocycles. The number of rotatable bonds is 10. The van der Waals surface area contributed by atoms with Crippen molar-refractivity contribution < 1.29 is 19.1 Å². The van der Waals surface area contributed by atoms with Crippen molar-refractivity contribution in [2.24, 2.45) is 11.7 Å². The number of amides is 2. The van der Waals surface area contributed by atoms with Gasteiger partial charge in [0.05, 0.1) is 29.9 Å². The van der Waals surface area contributed by atoms with Crippen LogP contribution in [0.4, 0.5) is 5.69 Å². The van der Waals surface area contributed by atoms with Gasteiger partial charge in [-0.15, -0.1) is 12.4 Å². The van der Waals surface area contributed by atoms with Crippen LogP contribution < -0.4 is 21.1 Å². The summed E-state index contributed by atoms with van der Waals surface area (Å²) in [5.41, 5.74) is 6.16. The van der Waals surface area contributed by atoms with Gasteiger partial charge in [-0.3, -0.25) is 9.59 Å². The Hall–Kier alpha value is -1.54. The van der Waals surface area contributed by atoms with Gasteiger partial charge >= 0.3 is 0 Å². The minimum Gasteiger partial charge on any atom is -0.487 e. The first kappa shape index (κ1) is 24.5. The van der Waals surface area contributed by atoms with Crippen molar-refractivity contribution in [2.75, 3.05) is 31.7 Å². The Bertz CT molecular complexity index is 585. The molecule has 7 nitrogen and oxygen atoms in total. The quantitative estimate of drug-likeness (QED) is 0.515. The van der Waals surface area contributed by atoms with Gasteiger partial charge in [-0.05, 0) is 25.0 Å². The Labute approximate surface area is 165 Å². The molecule has 0 aliphatic rings. The maximum Gasteiger partial charge on any atom is 0.243 e. The third-order valence-electron chi connectivity index (χ3n) is 3.36. The fourth-order valence-corrected chi connectivity index (χ4v) is 2.11. The molecule has 0 aliphatic heterocycles. The highest BCUT2D eigenvalue weighted by Gasteiger charge is 2.18. The van der Waals surface area contributed by atoms with Crippen molar-refractivity contribution >= 4 is 41.5 Å². The van der Waals surface area contributed by atoms with Crippen LogP contribution in [0.5, 0.6) is 5.75 Å². The van der Waals surface area contributed by atoms with Crippen molar-refractivity contribution in [3.63, 3.8) is 0 Å². The van der Waals surface area contributed by atoms with Gasteiger partial charge in [0.25, 0.3) is 0 Å². The minimum absolute atomic E-state index is 0. The van der Waals surface area contributed by atoms with Crippen LogP contribution >= 0.6 is 24.0 Å². The molecule has 26 heavy (non-hydrogen) atoms. The molecule has 1 aromatic rings. The number of benzene rings is 1. The fourth-order valence-electron chi connectivity index (χ4n) is 1.88. The maximum absolute atomic E-state index is 12.1. The van der Waals surface area contributed by atoms with E-state index in [0.29, 0.717) is 36.3 Å². The van der Waals surface area contributed by atoms with Crippen LogP contribution in [-0.2, 0) is 14.3 Å². The highest BCUT2D eigenvalue weighted by Crippen LogP contribution is 2.32. The number of hydrogen-bond acceptors (Lipinski definition) is 5. The lowest BCUT2D eigenvalue weighted by Gasteiger charge is -2.16. The van der Waals surface area contributed by atoms with Crippen LogP contribution in [0.2, 0.25) is 5.02 Å². The minimum atomic E-state index is -0.656. The SMILES string of the molecule is CCOCCOc1c(Cl)cccc1NC(=O)CNC(=O)[C@@H](N)C(C)C.Cl. The van der Waals surface area contributed by atoms with Crippen LogP contribution in [0.3, 0.4) is 0 Å². The Morgan fingerprint density at radius 2 is 1.96 bits per heavy atom. The molecule has 0 saturated carbocycles. The van der Waals surface area contributed by atoms with Crippen molar-refractivity contribution in [2.45, 2.75) is 26.8 Å². The van der Waals surface area contributed by atoms with Gasteiger partial charge in [-0.2, -0.15) is 0 Å². The summed E-state index contributed by atoms with van der Waals surface area (Å²) in [6.45, 7) is 6.68. The molecule has 0 aromatic heterocycles. The van der Waals surface area contributed by atoms with E-state index in [1.165, 1.54) is 0 Å². The molecule has 9 heteroatoms. The van der Waals surface area contributed by atoms with Gasteiger partial charge in [0, 0.05) is 6.61 Å². The molecule has 0 bridgehead atoms. The monoisotopic (exact) mass is 407 g/mol. The summed E-state index contributed by atoms with van der Waals surface area (Å²) >= 11 is 6.13. The van der Waals surface area contributed by atoms with E-state index >= 15 is 0 Å². The molecular formula is C17H27Cl2N3O4. The van der Waals surface area contributed by atoms with E-state index in [1.807, 2.05) is 20.8 Å². The van der Waals surface area contributed by atoms with Crippen molar-refractivity contribution in [3.8, 4) is 5.75 Å². The van der Waals surface area contributed by atoms with E-state index in [1.54, 1.807) is 18.2 Å². The summed E-state index contributed by atoms with van der Waals surface area (Å²) in [6.07, 6.45) is 0. The molecule has 4 N–H and O–H groups in total. The highest BCUT2D eigenvalue weighted by molar-refractivity contribution is 6.32. The molecule has 1 atom stereocenters. The van der Waals surface area contributed by atoms with E-state index in [-0.39, 0.29) is 30.8 Å². The third kappa shape index (κ3) is 8.23. The van der Waals surface area contributed by atoms with Crippen LogP contribution in [-0.4, -0.2) is 44.2 Å². The molecule has 1 aromatic carbocycles. The number of nitrogens with two attached hydrogens (primary N) is 1. The second-order valence-electron chi connectivity index (χ2n) is 5.70. The maximum atomic E-state index is 12.1. The molecule has 0 radical (unpaired) electrons. The summed E-state index contributed by atoms with van der Waals surface area (Å²) < 4.78 is 10.8. The van der Waals surface area contributed by atoms with E-state index in [2.05, 4.69) is 10.6 Å². The number of carbonyl (C=O) groups excluding carboxylic acids is 2. The molecule has 2 amide bonds. The number of ether oxygens (including phenoxy) is 2. The summed E-state index contributed by atoms with van der Waals surface area (Å²) in [7, 11) is 0. The highest BCUT2D eigenvalue weighted by atomic mass is 35.5. The smallest absolute Gasteiger partial charge is 0.243 e. The lowest BCUT2D eigenvalue weighted by atomic mass is 10.1. The average Bonchev–Trinajstić information content (AvgIpc) is 2.57. The number of carbonyl (C=O) groups is 2. The summed E-state index contributed by atoms with van der Waals surface area (Å²) in [6, 6.07) is 4.37. The van der Waals surface area contributed by atoms with Crippen LogP contribution in [0.15, 0.2) is 18.2 Å². The van der Waals surface area contributed by atoms with Gasteiger partial charge in [-0.1, -0.05) is 31.5 Å². The zero-order valence-corrected chi connectivity index (χ0v) is 16.8. The number of para-hydroxylation sites is 1. The van der Waals surface area contributed by atoms with Crippen LogP contribution in [0.1, 0.15) is 20.8 Å². The normalized spacial score (nSPS) is 11.5. The molecule has 148 valence electrons. The number of hydrogen-bond donors (Lipinski definition) is 3. The molecular weight excluding hydrogens is 381 g/mol. The van der Waals surface area contributed by atoms with Crippen molar-refractivity contribution in [1.29, 1.82) is 0 Å².